The normalized spacial score (nSPS) is 11.5. The van der Waals surface area contributed by atoms with Crippen LogP contribution in [0.5, 0.6) is 0 Å². The molecule has 0 bridgehead atoms. The Morgan fingerprint density at radius 2 is 1.65 bits per heavy atom. The van der Waals surface area contributed by atoms with Crippen molar-refractivity contribution < 1.29 is 8.42 Å². The molecule has 118 valence electrons. The van der Waals surface area contributed by atoms with E-state index in [1.165, 1.54) is 0 Å². The molecular formula is C16H16N4O2S. The van der Waals surface area contributed by atoms with Gasteiger partial charge in [0.1, 0.15) is 5.82 Å². The molecule has 0 atom stereocenters. The molecule has 0 aliphatic heterocycles. The lowest BCUT2D eigenvalue weighted by Crippen LogP contribution is -2.22. The molecule has 0 radical (unpaired) electrons. The van der Waals surface area contributed by atoms with Crippen LogP contribution in [0.15, 0.2) is 54.6 Å². The molecule has 7 heteroatoms. The average molecular weight is 328 g/mol. The Labute approximate surface area is 134 Å². The van der Waals surface area contributed by atoms with Crippen LogP contribution in [-0.4, -0.2) is 30.7 Å². The van der Waals surface area contributed by atoms with E-state index in [0.717, 1.165) is 16.5 Å². The van der Waals surface area contributed by atoms with E-state index in [2.05, 4.69) is 15.3 Å². The molecule has 3 rings (SSSR count). The summed E-state index contributed by atoms with van der Waals surface area (Å²) >= 11 is 0. The summed E-state index contributed by atoms with van der Waals surface area (Å²) in [4.78, 5) is 9.10. The second kappa shape index (κ2) is 6.31. The van der Waals surface area contributed by atoms with Crippen molar-refractivity contribution in [2.24, 2.45) is 5.14 Å². The Bertz CT molecular complexity index is 927. The molecule has 2 aromatic carbocycles. The lowest BCUT2D eigenvalue weighted by molar-refractivity contribution is 0.598. The third-order valence-corrected chi connectivity index (χ3v) is 4.09. The quantitative estimate of drug-likeness (QED) is 0.746. The van der Waals surface area contributed by atoms with Gasteiger partial charge in [-0.1, -0.05) is 42.5 Å². The SMILES string of the molecule is NS(=O)(=O)CCNc1nc(-c2ccccc2)nc2ccccc12. The monoisotopic (exact) mass is 328 g/mol. The zero-order valence-electron chi connectivity index (χ0n) is 12.3. The second-order valence-corrected chi connectivity index (χ2v) is 6.81. The van der Waals surface area contributed by atoms with Gasteiger partial charge in [-0.25, -0.2) is 23.5 Å². The van der Waals surface area contributed by atoms with Crippen molar-refractivity contribution in [3.8, 4) is 11.4 Å². The van der Waals surface area contributed by atoms with Crippen LogP contribution in [0.1, 0.15) is 0 Å². The zero-order chi connectivity index (χ0) is 16.3. The van der Waals surface area contributed by atoms with Gasteiger partial charge in [0.05, 0.1) is 11.3 Å². The summed E-state index contributed by atoms with van der Waals surface area (Å²) in [5, 5.41) is 8.91. The van der Waals surface area contributed by atoms with Gasteiger partial charge in [-0.3, -0.25) is 0 Å². The predicted octanol–water partition coefficient (Wildman–Crippen LogP) is 2.00. The maximum atomic E-state index is 11.1. The number of hydrogen-bond acceptors (Lipinski definition) is 5. The van der Waals surface area contributed by atoms with Crippen molar-refractivity contribution in [2.75, 3.05) is 17.6 Å². The van der Waals surface area contributed by atoms with Crippen molar-refractivity contribution in [3.05, 3.63) is 54.6 Å². The number of nitrogens with two attached hydrogens (primary N) is 1. The standard InChI is InChI=1S/C16H16N4O2S/c17-23(21,22)11-10-18-16-13-8-4-5-9-14(13)19-15(20-16)12-6-2-1-3-7-12/h1-9H,10-11H2,(H2,17,21,22)(H,18,19,20). The van der Waals surface area contributed by atoms with E-state index in [9.17, 15) is 8.42 Å². The third-order valence-electron chi connectivity index (χ3n) is 3.31. The first-order valence-electron chi connectivity index (χ1n) is 7.09. The van der Waals surface area contributed by atoms with Crippen LogP contribution in [0.2, 0.25) is 0 Å². The Balaban J connectivity index is 2.01. The van der Waals surface area contributed by atoms with Crippen LogP contribution < -0.4 is 10.5 Å². The first-order chi connectivity index (χ1) is 11.0. The minimum absolute atomic E-state index is 0.161. The number of anilines is 1. The number of primary sulfonamides is 1. The Hall–Kier alpha value is -2.51. The summed E-state index contributed by atoms with van der Waals surface area (Å²) in [5.41, 5.74) is 1.69. The number of sulfonamides is 1. The predicted molar refractivity (Wildman–Crippen MR) is 91.4 cm³/mol. The van der Waals surface area contributed by atoms with Crippen LogP contribution in [0.3, 0.4) is 0 Å². The van der Waals surface area contributed by atoms with Gasteiger partial charge in [0.25, 0.3) is 0 Å². The van der Waals surface area contributed by atoms with Crippen LogP contribution in [0.4, 0.5) is 5.82 Å². The van der Waals surface area contributed by atoms with E-state index in [-0.39, 0.29) is 12.3 Å². The van der Waals surface area contributed by atoms with E-state index >= 15 is 0 Å². The van der Waals surface area contributed by atoms with E-state index in [1.54, 1.807) is 0 Å². The highest BCUT2D eigenvalue weighted by molar-refractivity contribution is 7.89. The fraction of sp³-hybridized carbons (Fsp3) is 0.125. The average Bonchev–Trinajstić information content (AvgIpc) is 2.54. The lowest BCUT2D eigenvalue weighted by Gasteiger charge is -2.10. The molecule has 0 amide bonds. The Kier molecular flexibility index (Phi) is 4.22. The van der Waals surface area contributed by atoms with Gasteiger partial charge in [-0.05, 0) is 12.1 Å². The van der Waals surface area contributed by atoms with Gasteiger partial charge in [0.15, 0.2) is 5.82 Å². The molecule has 0 aliphatic rings. The molecule has 0 aliphatic carbocycles. The summed E-state index contributed by atoms with van der Waals surface area (Å²) in [5.74, 6) is 1.02. The number of nitrogens with zero attached hydrogens (tertiary/aromatic N) is 2. The number of hydrogen-bond donors (Lipinski definition) is 2. The first kappa shape index (κ1) is 15.4. The number of aromatic nitrogens is 2. The van der Waals surface area contributed by atoms with Crippen LogP contribution in [0.25, 0.3) is 22.3 Å². The van der Waals surface area contributed by atoms with Crippen LogP contribution in [-0.2, 0) is 10.0 Å². The van der Waals surface area contributed by atoms with Gasteiger partial charge >= 0.3 is 0 Å². The largest absolute Gasteiger partial charge is 0.368 e. The molecular weight excluding hydrogens is 312 g/mol. The summed E-state index contributed by atoms with van der Waals surface area (Å²) in [6.45, 7) is 0.189. The fourth-order valence-corrected chi connectivity index (χ4v) is 2.63. The minimum Gasteiger partial charge on any atom is -0.368 e. The molecule has 1 aromatic heterocycles. The number of rotatable bonds is 5. The zero-order valence-corrected chi connectivity index (χ0v) is 13.1. The molecule has 0 saturated carbocycles. The summed E-state index contributed by atoms with van der Waals surface area (Å²) < 4.78 is 22.2. The highest BCUT2D eigenvalue weighted by Crippen LogP contribution is 2.24. The van der Waals surface area contributed by atoms with E-state index in [1.807, 2.05) is 54.6 Å². The second-order valence-electron chi connectivity index (χ2n) is 5.07. The molecule has 0 saturated heterocycles. The smallest absolute Gasteiger partial charge is 0.210 e. The summed E-state index contributed by atoms with van der Waals surface area (Å²) in [7, 11) is -3.52. The molecule has 1 heterocycles. The van der Waals surface area contributed by atoms with Crippen molar-refractivity contribution in [2.45, 2.75) is 0 Å². The highest BCUT2D eigenvalue weighted by atomic mass is 32.2. The van der Waals surface area contributed by atoms with Crippen molar-refractivity contribution in [1.82, 2.24) is 9.97 Å². The molecule has 3 N–H and O–H groups in total. The number of para-hydroxylation sites is 1. The molecule has 0 unspecified atom stereocenters. The third kappa shape index (κ3) is 3.82. The number of benzene rings is 2. The highest BCUT2D eigenvalue weighted by Gasteiger charge is 2.10. The van der Waals surface area contributed by atoms with Crippen molar-refractivity contribution >= 4 is 26.7 Å². The van der Waals surface area contributed by atoms with Crippen LogP contribution >= 0.6 is 0 Å². The van der Waals surface area contributed by atoms with E-state index in [4.69, 9.17) is 5.14 Å². The van der Waals surface area contributed by atoms with E-state index < -0.39 is 10.0 Å². The maximum Gasteiger partial charge on any atom is 0.210 e. The van der Waals surface area contributed by atoms with Gasteiger partial charge in [0, 0.05) is 17.5 Å². The summed E-state index contributed by atoms with van der Waals surface area (Å²) in [6, 6.07) is 17.2. The lowest BCUT2D eigenvalue weighted by atomic mass is 10.2. The molecule has 23 heavy (non-hydrogen) atoms. The Morgan fingerprint density at radius 1 is 0.957 bits per heavy atom. The Morgan fingerprint density at radius 3 is 2.39 bits per heavy atom. The molecule has 0 fully saturated rings. The van der Waals surface area contributed by atoms with Crippen molar-refractivity contribution in [1.29, 1.82) is 0 Å². The fourth-order valence-electron chi connectivity index (χ4n) is 2.24. The molecule has 3 aromatic rings. The number of fused-ring (bicyclic) bond motifs is 1. The minimum atomic E-state index is -3.52. The maximum absolute atomic E-state index is 11.1. The van der Waals surface area contributed by atoms with E-state index in [0.29, 0.717) is 11.6 Å². The van der Waals surface area contributed by atoms with Crippen LogP contribution in [0, 0.1) is 0 Å². The topological polar surface area (TPSA) is 98.0 Å². The molecule has 6 nitrogen and oxygen atoms in total. The van der Waals surface area contributed by atoms with Crippen molar-refractivity contribution in [3.63, 3.8) is 0 Å². The molecule has 0 spiro atoms. The van der Waals surface area contributed by atoms with Gasteiger partial charge in [0.2, 0.25) is 10.0 Å². The first-order valence-corrected chi connectivity index (χ1v) is 8.81. The number of nitrogens with one attached hydrogen (secondary N) is 1. The summed E-state index contributed by atoms with van der Waals surface area (Å²) in [6.07, 6.45) is 0. The van der Waals surface area contributed by atoms with Gasteiger partial charge < -0.3 is 5.32 Å². The van der Waals surface area contributed by atoms with Gasteiger partial charge in [-0.2, -0.15) is 0 Å². The van der Waals surface area contributed by atoms with Gasteiger partial charge in [-0.15, -0.1) is 0 Å².